The highest BCUT2D eigenvalue weighted by Gasteiger charge is 2.42. The van der Waals surface area contributed by atoms with Crippen LogP contribution in [-0.2, 0) is 6.54 Å². The van der Waals surface area contributed by atoms with Gasteiger partial charge in [0.15, 0.2) is 11.5 Å². The van der Waals surface area contributed by atoms with Crippen molar-refractivity contribution < 1.29 is 24.1 Å². The van der Waals surface area contributed by atoms with Crippen LogP contribution >= 0.6 is 11.6 Å². The minimum atomic E-state index is -0.513. The van der Waals surface area contributed by atoms with E-state index in [1.165, 1.54) is 6.07 Å². The van der Waals surface area contributed by atoms with Gasteiger partial charge in [-0.05, 0) is 60.5 Å². The lowest BCUT2D eigenvalue weighted by molar-refractivity contribution is 0.0730. The number of fused-ring (bicyclic) bond motifs is 1. The zero-order valence-electron chi connectivity index (χ0n) is 20.6. The molecule has 0 aliphatic carbocycles. The Kier molecular flexibility index (Phi) is 6.67. The number of nitrogens with zero attached hydrogens (tertiary/aromatic N) is 2. The molecule has 2 N–H and O–H groups in total. The summed E-state index contributed by atoms with van der Waals surface area (Å²) in [7, 11) is 3.19. The Balaban J connectivity index is 1.65. The van der Waals surface area contributed by atoms with Crippen LogP contribution in [0.1, 0.15) is 40.1 Å². The molecule has 1 amide bonds. The molecule has 8 nitrogen and oxygen atoms in total. The topological polar surface area (TPSA) is 96.9 Å². The normalized spacial score (nSPS) is 14.5. The zero-order valence-corrected chi connectivity index (χ0v) is 21.4. The van der Waals surface area contributed by atoms with Crippen molar-refractivity contribution in [2.24, 2.45) is 0 Å². The zero-order chi connectivity index (χ0) is 26.1. The third kappa shape index (κ3) is 4.44. The number of aromatic nitrogens is 2. The molecule has 0 fully saturated rings. The Bertz CT molecular complexity index is 1450. The van der Waals surface area contributed by atoms with Crippen molar-refractivity contribution in [3.8, 4) is 34.3 Å². The lowest BCUT2D eigenvalue weighted by Gasteiger charge is -2.27. The first-order valence-electron chi connectivity index (χ1n) is 11.8. The van der Waals surface area contributed by atoms with E-state index >= 15 is 0 Å². The first-order valence-corrected chi connectivity index (χ1v) is 12.1. The Hall–Kier alpha value is -4.17. The number of rotatable bonds is 8. The summed E-state index contributed by atoms with van der Waals surface area (Å²) in [5, 5.41) is 18.4. The number of hydrogen-bond donors (Lipinski definition) is 2. The average molecular weight is 520 g/mol. The average Bonchev–Trinajstić information content (AvgIpc) is 3.45. The minimum absolute atomic E-state index is 0.0165. The second kappa shape index (κ2) is 10.1. The number of benzene rings is 3. The molecular formula is C28H26ClN3O5. The molecule has 9 heteroatoms. The third-order valence-electron chi connectivity index (χ3n) is 6.39. The molecule has 1 aromatic heterocycles. The number of carbonyl (C=O) groups is 1. The monoisotopic (exact) mass is 519 g/mol. The van der Waals surface area contributed by atoms with E-state index in [1.54, 1.807) is 31.3 Å². The summed E-state index contributed by atoms with van der Waals surface area (Å²) >= 11 is 6.25. The highest BCUT2D eigenvalue weighted by atomic mass is 35.5. The van der Waals surface area contributed by atoms with Crippen LogP contribution in [0.25, 0.3) is 11.3 Å². The number of ether oxygens (including phenoxy) is 3. The molecule has 1 aliphatic rings. The number of H-pyrrole nitrogens is 1. The molecule has 0 radical (unpaired) electrons. The molecule has 1 atom stereocenters. The predicted molar refractivity (Wildman–Crippen MR) is 140 cm³/mol. The number of carbonyl (C=O) groups excluding carboxylic acids is 1. The van der Waals surface area contributed by atoms with E-state index in [-0.39, 0.29) is 11.7 Å². The second-order valence-corrected chi connectivity index (χ2v) is 8.99. The van der Waals surface area contributed by atoms with Crippen LogP contribution in [0.5, 0.6) is 23.0 Å². The number of methoxy groups -OCH3 is 2. The van der Waals surface area contributed by atoms with Gasteiger partial charge in [0.05, 0.1) is 26.9 Å². The van der Waals surface area contributed by atoms with E-state index in [0.717, 1.165) is 16.9 Å². The van der Waals surface area contributed by atoms with Gasteiger partial charge in [-0.25, -0.2) is 0 Å². The molecule has 0 saturated carbocycles. The molecule has 0 saturated heterocycles. The summed E-state index contributed by atoms with van der Waals surface area (Å²) < 4.78 is 16.6. The van der Waals surface area contributed by atoms with Crippen LogP contribution in [0.15, 0.2) is 60.7 Å². The van der Waals surface area contributed by atoms with Crippen molar-refractivity contribution in [3.63, 3.8) is 0 Å². The summed E-state index contributed by atoms with van der Waals surface area (Å²) in [5.74, 6) is 1.71. The van der Waals surface area contributed by atoms with Gasteiger partial charge in [-0.2, -0.15) is 5.10 Å². The van der Waals surface area contributed by atoms with E-state index in [1.807, 2.05) is 49.4 Å². The standard InChI is InChI=1S/C28H26ClN3O5/c1-4-37-22-12-7-17(13-23(22)36-3)27-24-25(20-14-18(29)8-11-21(20)33)30-31-26(24)28(34)32(27)15-16-5-9-19(35-2)10-6-16/h5-14,27,33H,4,15H2,1-3H3,(H,30,31). The van der Waals surface area contributed by atoms with Gasteiger partial charge in [0.2, 0.25) is 0 Å². The van der Waals surface area contributed by atoms with E-state index in [0.29, 0.717) is 52.2 Å². The summed E-state index contributed by atoms with van der Waals surface area (Å²) in [6.07, 6.45) is 0. The molecule has 4 aromatic rings. The van der Waals surface area contributed by atoms with Crippen molar-refractivity contribution in [2.45, 2.75) is 19.5 Å². The van der Waals surface area contributed by atoms with Crippen LogP contribution in [0.2, 0.25) is 5.02 Å². The van der Waals surface area contributed by atoms with Gasteiger partial charge in [-0.15, -0.1) is 0 Å². The Labute approximate surface area is 219 Å². The van der Waals surface area contributed by atoms with Gasteiger partial charge >= 0.3 is 0 Å². The molecule has 1 unspecified atom stereocenters. The van der Waals surface area contributed by atoms with Crippen molar-refractivity contribution in [3.05, 3.63) is 88.1 Å². The molecule has 2 heterocycles. The highest BCUT2D eigenvalue weighted by molar-refractivity contribution is 6.31. The first kappa shape index (κ1) is 24.5. The van der Waals surface area contributed by atoms with Gasteiger partial charge in [0.25, 0.3) is 5.91 Å². The van der Waals surface area contributed by atoms with Crippen molar-refractivity contribution in [1.29, 1.82) is 0 Å². The Morgan fingerprint density at radius 1 is 1.03 bits per heavy atom. The summed E-state index contributed by atoms with van der Waals surface area (Å²) in [6.45, 7) is 2.73. The van der Waals surface area contributed by atoms with Crippen molar-refractivity contribution in [2.75, 3.05) is 20.8 Å². The van der Waals surface area contributed by atoms with Gasteiger partial charge in [-0.3, -0.25) is 9.89 Å². The molecule has 0 bridgehead atoms. The van der Waals surface area contributed by atoms with Gasteiger partial charge in [0.1, 0.15) is 22.9 Å². The Morgan fingerprint density at radius 2 is 1.81 bits per heavy atom. The summed E-state index contributed by atoms with van der Waals surface area (Å²) in [6, 6.07) is 17.4. The Morgan fingerprint density at radius 3 is 2.51 bits per heavy atom. The number of aromatic amines is 1. The van der Waals surface area contributed by atoms with Gasteiger partial charge in [-0.1, -0.05) is 29.8 Å². The van der Waals surface area contributed by atoms with Crippen LogP contribution in [-0.4, -0.2) is 46.9 Å². The first-order chi connectivity index (χ1) is 17.9. The predicted octanol–water partition coefficient (Wildman–Crippen LogP) is 5.60. The van der Waals surface area contributed by atoms with E-state index in [9.17, 15) is 9.90 Å². The summed E-state index contributed by atoms with van der Waals surface area (Å²) in [4.78, 5) is 15.5. The molecular weight excluding hydrogens is 494 g/mol. The fourth-order valence-electron chi connectivity index (χ4n) is 4.67. The molecule has 5 rings (SSSR count). The fourth-order valence-corrected chi connectivity index (χ4v) is 4.84. The van der Waals surface area contributed by atoms with E-state index in [2.05, 4.69) is 10.2 Å². The van der Waals surface area contributed by atoms with Crippen LogP contribution in [0.4, 0.5) is 0 Å². The number of phenols is 1. The lowest BCUT2D eigenvalue weighted by Crippen LogP contribution is -2.29. The molecule has 1 aliphatic heterocycles. The van der Waals surface area contributed by atoms with Crippen LogP contribution in [0.3, 0.4) is 0 Å². The lowest BCUT2D eigenvalue weighted by atomic mass is 9.95. The number of hydrogen-bond acceptors (Lipinski definition) is 6. The van der Waals surface area contributed by atoms with E-state index in [4.69, 9.17) is 25.8 Å². The van der Waals surface area contributed by atoms with E-state index < -0.39 is 6.04 Å². The smallest absolute Gasteiger partial charge is 0.273 e. The maximum absolute atomic E-state index is 13.7. The minimum Gasteiger partial charge on any atom is -0.507 e. The van der Waals surface area contributed by atoms with Gasteiger partial charge < -0.3 is 24.2 Å². The fraction of sp³-hybridized carbons (Fsp3) is 0.214. The largest absolute Gasteiger partial charge is 0.507 e. The number of nitrogens with one attached hydrogen (secondary N) is 1. The number of halogens is 1. The van der Waals surface area contributed by atoms with Crippen LogP contribution in [0, 0.1) is 0 Å². The summed E-state index contributed by atoms with van der Waals surface area (Å²) in [5.41, 5.74) is 3.65. The maximum atomic E-state index is 13.7. The number of phenolic OH excluding ortho intramolecular Hbond substituents is 1. The second-order valence-electron chi connectivity index (χ2n) is 8.55. The number of amides is 1. The molecule has 190 valence electrons. The SMILES string of the molecule is CCOc1ccc(C2c3c(-c4cc(Cl)ccc4O)n[nH]c3C(=O)N2Cc2ccc(OC)cc2)cc1OC. The molecule has 37 heavy (non-hydrogen) atoms. The molecule has 3 aromatic carbocycles. The van der Waals surface area contributed by atoms with Crippen molar-refractivity contribution in [1.82, 2.24) is 15.1 Å². The third-order valence-corrected chi connectivity index (χ3v) is 6.63. The van der Waals surface area contributed by atoms with Crippen LogP contribution < -0.4 is 14.2 Å². The quantitative estimate of drug-likeness (QED) is 0.314. The highest BCUT2D eigenvalue weighted by Crippen LogP contribution is 2.46. The maximum Gasteiger partial charge on any atom is 0.273 e. The van der Waals surface area contributed by atoms with Crippen molar-refractivity contribution >= 4 is 17.5 Å². The molecule has 0 spiro atoms. The number of aromatic hydroxyl groups is 1. The van der Waals surface area contributed by atoms with Gasteiger partial charge in [0, 0.05) is 22.7 Å².